The smallest absolute Gasteiger partial charge is 0.262 e. The Morgan fingerprint density at radius 3 is 2.38 bits per heavy atom. The number of rotatable bonds is 5. The van der Waals surface area contributed by atoms with Crippen LogP contribution >= 0.6 is 22.3 Å². The summed E-state index contributed by atoms with van der Waals surface area (Å²) in [6.45, 7) is 5.76. The number of carbonyl (C=O) groups is 1. The van der Waals surface area contributed by atoms with E-state index in [0.29, 0.717) is 12.3 Å². The lowest BCUT2D eigenvalue weighted by molar-refractivity contribution is 0.0932. The van der Waals surface area contributed by atoms with Crippen molar-refractivity contribution >= 4 is 37.2 Å². The fraction of sp³-hybridized carbons (Fsp3) is 0.462. The number of hydrogen-bond donors (Lipinski definition) is 1. The lowest BCUT2D eigenvalue weighted by atomic mass is 10.0. The summed E-state index contributed by atoms with van der Waals surface area (Å²) < 4.78 is 36.5. The zero-order valence-corrected chi connectivity index (χ0v) is 14.1. The van der Waals surface area contributed by atoms with Crippen molar-refractivity contribution in [3.8, 4) is 0 Å². The van der Waals surface area contributed by atoms with Crippen LogP contribution in [0.3, 0.4) is 0 Å². The Morgan fingerprint density at radius 1 is 1.33 bits per heavy atom. The molecule has 118 valence electrons. The third-order valence-electron chi connectivity index (χ3n) is 2.73. The second-order valence-electron chi connectivity index (χ2n) is 5.20. The van der Waals surface area contributed by atoms with Crippen LogP contribution in [-0.2, 0) is 9.05 Å². The normalized spacial score (nSPS) is 13.3. The van der Waals surface area contributed by atoms with Crippen molar-refractivity contribution in [2.45, 2.75) is 38.1 Å². The summed E-state index contributed by atoms with van der Waals surface area (Å²) in [6, 6.07) is 1.43. The van der Waals surface area contributed by atoms with E-state index in [-0.39, 0.29) is 11.1 Å². The van der Waals surface area contributed by atoms with Gasteiger partial charge in [-0.1, -0.05) is 25.4 Å². The first-order valence-electron chi connectivity index (χ1n) is 6.27. The van der Waals surface area contributed by atoms with Gasteiger partial charge in [-0.05, 0) is 31.4 Å². The van der Waals surface area contributed by atoms with Gasteiger partial charge >= 0.3 is 0 Å². The first-order valence-corrected chi connectivity index (χ1v) is 8.95. The number of hydrogen-bond acceptors (Lipinski definition) is 3. The zero-order valence-electron chi connectivity index (χ0n) is 11.8. The highest BCUT2D eigenvalue weighted by Gasteiger charge is 2.22. The number of amides is 1. The van der Waals surface area contributed by atoms with E-state index in [4.69, 9.17) is 22.3 Å². The minimum Gasteiger partial charge on any atom is -0.349 e. The van der Waals surface area contributed by atoms with Crippen molar-refractivity contribution in [2.24, 2.45) is 5.92 Å². The highest BCUT2D eigenvalue weighted by molar-refractivity contribution is 8.13. The summed E-state index contributed by atoms with van der Waals surface area (Å²) in [5.41, 5.74) is -0.408. The summed E-state index contributed by atoms with van der Waals surface area (Å²) in [6.07, 6.45) is 0.710. The summed E-state index contributed by atoms with van der Waals surface area (Å²) in [7, 11) is 1.04. The third kappa shape index (κ3) is 5.13. The molecule has 0 heterocycles. The van der Waals surface area contributed by atoms with Gasteiger partial charge in [-0.2, -0.15) is 0 Å². The van der Waals surface area contributed by atoms with Crippen molar-refractivity contribution in [1.82, 2.24) is 5.32 Å². The second kappa shape index (κ2) is 6.94. The van der Waals surface area contributed by atoms with Gasteiger partial charge in [-0.25, -0.2) is 12.8 Å². The number of nitrogens with one attached hydrogen (secondary N) is 1. The topological polar surface area (TPSA) is 63.2 Å². The van der Waals surface area contributed by atoms with Gasteiger partial charge in [0.15, 0.2) is 0 Å². The van der Waals surface area contributed by atoms with Crippen LogP contribution in [0.4, 0.5) is 4.39 Å². The fourth-order valence-electron chi connectivity index (χ4n) is 1.96. The Morgan fingerprint density at radius 2 is 1.90 bits per heavy atom. The molecule has 1 unspecified atom stereocenters. The monoisotopic (exact) mass is 355 g/mol. The molecule has 0 radical (unpaired) electrons. The van der Waals surface area contributed by atoms with Crippen LogP contribution < -0.4 is 5.32 Å². The molecule has 0 aromatic heterocycles. The van der Waals surface area contributed by atoms with E-state index in [0.717, 1.165) is 12.1 Å². The van der Waals surface area contributed by atoms with Gasteiger partial charge in [0.05, 0.1) is 10.6 Å². The molecule has 0 aliphatic rings. The highest BCUT2D eigenvalue weighted by Crippen LogP contribution is 2.27. The maximum atomic E-state index is 13.8. The second-order valence-corrected chi connectivity index (χ2v) is 8.15. The lowest BCUT2D eigenvalue weighted by Crippen LogP contribution is -2.34. The molecule has 1 rings (SSSR count). The SMILES string of the molecule is CC(C)CC(C)NC(=O)c1cc(S(=O)(=O)Cl)c(Cl)cc1F. The maximum Gasteiger partial charge on any atom is 0.262 e. The van der Waals surface area contributed by atoms with E-state index >= 15 is 0 Å². The van der Waals surface area contributed by atoms with Crippen molar-refractivity contribution in [3.63, 3.8) is 0 Å². The average molecular weight is 356 g/mol. The van der Waals surface area contributed by atoms with E-state index in [2.05, 4.69) is 5.32 Å². The number of benzene rings is 1. The van der Waals surface area contributed by atoms with E-state index in [1.54, 1.807) is 6.92 Å². The number of halogens is 3. The molecule has 0 aliphatic heterocycles. The van der Waals surface area contributed by atoms with Crippen LogP contribution in [-0.4, -0.2) is 20.4 Å². The molecule has 8 heteroatoms. The molecule has 1 atom stereocenters. The Hall–Kier alpha value is -0.850. The third-order valence-corrected chi connectivity index (χ3v) is 4.52. The van der Waals surface area contributed by atoms with Gasteiger partial charge in [-0.15, -0.1) is 0 Å². The predicted octanol–water partition coefficient (Wildman–Crippen LogP) is 3.57. The minimum atomic E-state index is -4.16. The van der Waals surface area contributed by atoms with Crippen LogP contribution in [0.25, 0.3) is 0 Å². The van der Waals surface area contributed by atoms with Crippen molar-refractivity contribution in [3.05, 3.63) is 28.5 Å². The molecule has 0 fully saturated rings. The van der Waals surface area contributed by atoms with Gasteiger partial charge in [0, 0.05) is 16.7 Å². The lowest BCUT2D eigenvalue weighted by Gasteiger charge is -2.16. The number of carbonyl (C=O) groups excluding carboxylic acids is 1. The zero-order chi connectivity index (χ0) is 16.4. The van der Waals surface area contributed by atoms with Crippen LogP contribution in [0.2, 0.25) is 5.02 Å². The first-order chi connectivity index (χ1) is 9.52. The molecule has 1 aromatic rings. The highest BCUT2D eigenvalue weighted by atomic mass is 35.7. The van der Waals surface area contributed by atoms with Gasteiger partial charge < -0.3 is 5.32 Å². The van der Waals surface area contributed by atoms with E-state index < -0.39 is 31.2 Å². The van der Waals surface area contributed by atoms with Gasteiger partial charge in [0.1, 0.15) is 10.7 Å². The molecule has 0 saturated carbocycles. The first kappa shape index (κ1) is 18.2. The van der Waals surface area contributed by atoms with E-state index in [1.165, 1.54) is 0 Å². The molecule has 4 nitrogen and oxygen atoms in total. The quantitative estimate of drug-likeness (QED) is 0.821. The average Bonchev–Trinajstić information content (AvgIpc) is 2.24. The summed E-state index contributed by atoms with van der Waals surface area (Å²) in [5, 5.41) is 2.24. The van der Waals surface area contributed by atoms with Crippen molar-refractivity contribution in [1.29, 1.82) is 0 Å². The van der Waals surface area contributed by atoms with E-state index in [9.17, 15) is 17.6 Å². The fourth-order valence-corrected chi connectivity index (χ4v) is 3.46. The molecule has 0 saturated heterocycles. The Balaban J connectivity index is 3.10. The Kier molecular flexibility index (Phi) is 6.01. The van der Waals surface area contributed by atoms with Gasteiger partial charge in [-0.3, -0.25) is 4.79 Å². The summed E-state index contributed by atoms with van der Waals surface area (Å²) in [5.74, 6) is -1.26. The summed E-state index contributed by atoms with van der Waals surface area (Å²) in [4.78, 5) is 11.5. The minimum absolute atomic E-state index is 0.177. The van der Waals surface area contributed by atoms with Crippen LogP contribution in [0, 0.1) is 11.7 Å². The van der Waals surface area contributed by atoms with Crippen LogP contribution in [0.1, 0.15) is 37.6 Å². The molecular weight excluding hydrogens is 340 g/mol. The molecule has 0 spiro atoms. The molecule has 1 aromatic carbocycles. The van der Waals surface area contributed by atoms with Crippen molar-refractivity contribution < 1.29 is 17.6 Å². The Bertz CT molecular complexity index is 647. The van der Waals surface area contributed by atoms with Gasteiger partial charge in [0.2, 0.25) is 0 Å². The standard InChI is InChI=1S/C13H16Cl2FNO3S/c1-7(2)4-8(3)17-13(18)9-5-12(21(15,19)20)10(14)6-11(9)16/h5-8H,4H2,1-3H3,(H,17,18). The maximum absolute atomic E-state index is 13.8. The molecule has 0 bridgehead atoms. The van der Waals surface area contributed by atoms with Crippen LogP contribution in [0.5, 0.6) is 0 Å². The van der Waals surface area contributed by atoms with Crippen LogP contribution in [0.15, 0.2) is 17.0 Å². The molecular formula is C13H16Cl2FNO3S. The van der Waals surface area contributed by atoms with Gasteiger partial charge in [0.25, 0.3) is 15.0 Å². The largest absolute Gasteiger partial charge is 0.349 e. The molecule has 0 aliphatic carbocycles. The predicted molar refractivity (Wildman–Crippen MR) is 80.8 cm³/mol. The van der Waals surface area contributed by atoms with E-state index in [1.807, 2.05) is 13.8 Å². The molecule has 21 heavy (non-hydrogen) atoms. The molecule has 1 amide bonds. The van der Waals surface area contributed by atoms with Crippen molar-refractivity contribution in [2.75, 3.05) is 0 Å². The Labute approximate surface area is 133 Å². The molecule has 1 N–H and O–H groups in total. The summed E-state index contributed by atoms with van der Waals surface area (Å²) >= 11 is 5.63.